The zero-order valence-electron chi connectivity index (χ0n) is 34.0. The highest BCUT2D eigenvalue weighted by Gasteiger charge is 2.15. The van der Waals surface area contributed by atoms with Gasteiger partial charge in [-0.15, -0.1) is 0 Å². The maximum Gasteiger partial charge on any atom is 0.0541 e. The van der Waals surface area contributed by atoms with Crippen molar-refractivity contribution in [3.8, 4) is 67.0 Å². The van der Waals surface area contributed by atoms with Crippen molar-refractivity contribution < 1.29 is 0 Å². The van der Waals surface area contributed by atoms with E-state index in [0.717, 1.165) is 5.69 Å². The van der Waals surface area contributed by atoms with Gasteiger partial charge >= 0.3 is 0 Å². The van der Waals surface area contributed by atoms with E-state index in [1.54, 1.807) is 0 Å². The van der Waals surface area contributed by atoms with Crippen LogP contribution >= 0.6 is 0 Å². The maximum absolute atomic E-state index is 2.40. The molecule has 0 atom stereocenters. The molecule has 2 heteroatoms. The third-order valence-electron chi connectivity index (χ3n) is 12.6. The Morgan fingerprint density at radius 1 is 0.177 bits per heavy atom. The summed E-state index contributed by atoms with van der Waals surface area (Å²) in [6.07, 6.45) is 0. The Kier molecular flexibility index (Phi) is 8.53. The fraction of sp³-hybridized carbons (Fsp3) is 0. The molecule has 12 rings (SSSR count). The third-order valence-corrected chi connectivity index (χ3v) is 12.6. The van der Waals surface area contributed by atoms with Gasteiger partial charge in [0.25, 0.3) is 0 Å². The van der Waals surface area contributed by atoms with Gasteiger partial charge in [0, 0.05) is 32.9 Å². The summed E-state index contributed by atoms with van der Waals surface area (Å²) < 4.78 is 4.76. The normalized spacial score (nSPS) is 11.5. The predicted octanol–water partition coefficient (Wildman–Crippen LogP) is 16.2. The lowest BCUT2D eigenvalue weighted by Gasteiger charge is -2.11. The van der Waals surface area contributed by atoms with E-state index in [2.05, 4.69) is 252 Å². The molecule has 290 valence electrons. The van der Waals surface area contributed by atoms with Crippen LogP contribution in [0, 0.1) is 0 Å². The number of hydrogen-bond acceptors (Lipinski definition) is 0. The van der Waals surface area contributed by atoms with Gasteiger partial charge in [-0.1, -0.05) is 182 Å². The summed E-state index contributed by atoms with van der Waals surface area (Å²) in [5.74, 6) is 0. The van der Waals surface area contributed by atoms with Crippen LogP contribution in [0.2, 0.25) is 0 Å². The number of nitrogens with zero attached hydrogens (tertiary/aromatic N) is 2. The predicted molar refractivity (Wildman–Crippen MR) is 262 cm³/mol. The van der Waals surface area contributed by atoms with Gasteiger partial charge in [-0.05, 0) is 116 Å². The summed E-state index contributed by atoms with van der Waals surface area (Å²) in [7, 11) is 0. The second kappa shape index (κ2) is 14.8. The molecule has 0 N–H and O–H groups in total. The van der Waals surface area contributed by atoms with E-state index >= 15 is 0 Å². The van der Waals surface area contributed by atoms with E-state index < -0.39 is 0 Å². The summed E-state index contributed by atoms with van der Waals surface area (Å²) in [5, 5.41) is 5.04. The Bertz CT molecular complexity index is 3580. The van der Waals surface area contributed by atoms with E-state index in [1.165, 1.54) is 105 Å². The zero-order valence-corrected chi connectivity index (χ0v) is 34.0. The first-order chi connectivity index (χ1) is 30.7. The van der Waals surface area contributed by atoms with Crippen LogP contribution in [0.15, 0.2) is 243 Å². The monoisotopic (exact) mass is 788 g/mol. The molecule has 0 fully saturated rings. The summed E-state index contributed by atoms with van der Waals surface area (Å²) in [5.41, 5.74) is 19.3. The van der Waals surface area contributed by atoms with Crippen LogP contribution in [0.5, 0.6) is 0 Å². The van der Waals surface area contributed by atoms with Gasteiger partial charge in [0.2, 0.25) is 0 Å². The molecular formula is C60H40N2. The number of rotatable bonds is 7. The first-order valence-corrected chi connectivity index (χ1v) is 21.3. The molecule has 0 radical (unpaired) electrons. The van der Waals surface area contributed by atoms with Gasteiger partial charge in [0.05, 0.1) is 22.1 Å². The zero-order chi connectivity index (χ0) is 41.0. The summed E-state index contributed by atoms with van der Waals surface area (Å²) in [6.45, 7) is 0. The van der Waals surface area contributed by atoms with Crippen LogP contribution < -0.4 is 0 Å². The Morgan fingerprint density at radius 3 is 0.968 bits per heavy atom. The van der Waals surface area contributed by atoms with Crippen molar-refractivity contribution in [1.82, 2.24) is 9.13 Å². The van der Waals surface area contributed by atoms with Crippen LogP contribution in [-0.2, 0) is 0 Å². The SMILES string of the molecule is c1ccc(-c2cccc(-n3c4ccccc4c4cc(-c5ccc(-c6ccc(-c7ccc(-c8ccc9c(c8)c8ccccc8n9-c8ccccc8)cc7)cc6)cc5)ccc43)c2)cc1. The van der Waals surface area contributed by atoms with Crippen LogP contribution in [0.4, 0.5) is 0 Å². The minimum Gasteiger partial charge on any atom is -0.309 e. The number of hydrogen-bond donors (Lipinski definition) is 0. The van der Waals surface area contributed by atoms with Crippen molar-refractivity contribution in [2.24, 2.45) is 0 Å². The highest BCUT2D eigenvalue weighted by atomic mass is 15.0. The topological polar surface area (TPSA) is 9.86 Å². The van der Waals surface area contributed by atoms with Gasteiger partial charge in [-0.2, -0.15) is 0 Å². The highest BCUT2D eigenvalue weighted by molar-refractivity contribution is 6.11. The average Bonchev–Trinajstić information content (AvgIpc) is 3.87. The van der Waals surface area contributed by atoms with Crippen LogP contribution in [0.1, 0.15) is 0 Å². The fourth-order valence-corrected chi connectivity index (χ4v) is 9.46. The van der Waals surface area contributed by atoms with E-state index in [9.17, 15) is 0 Å². The molecule has 0 saturated heterocycles. The molecule has 0 bridgehead atoms. The molecule has 0 aliphatic carbocycles. The number of benzene rings is 10. The molecular weight excluding hydrogens is 749 g/mol. The smallest absolute Gasteiger partial charge is 0.0541 e. The minimum absolute atomic E-state index is 1.16. The molecule has 2 aromatic heterocycles. The number of aromatic nitrogens is 2. The molecule has 0 unspecified atom stereocenters. The van der Waals surface area contributed by atoms with Gasteiger partial charge < -0.3 is 9.13 Å². The van der Waals surface area contributed by atoms with Crippen LogP contribution in [-0.4, -0.2) is 9.13 Å². The van der Waals surface area contributed by atoms with Gasteiger partial charge in [-0.25, -0.2) is 0 Å². The van der Waals surface area contributed by atoms with Crippen molar-refractivity contribution in [2.75, 3.05) is 0 Å². The molecule has 2 nitrogen and oxygen atoms in total. The summed E-state index contributed by atoms with van der Waals surface area (Å²) in [6, 6.07) is 88.2. The molecule has 62 heavy (non-hydrogen) atoms. The molecule has 2 heterocycles. The van der Waals surface area contributed by atoms with Crippen LogP contribution in [0.3, 0.4) is 0 Å². The first kappa shape index (κ1) is 35.7. The van der Waals surface area contributed by atoms with E-state index in [1.807, 2.05) is 0 Å². The first-order valence-electron chi connectivity index (χ1n) is 21.3. The van der Waals surface area contributed by atoms with Crippen molar-refractivity contribution in [2.45, 2.75) is 0 Å². The largest absolute Gasteiger partial charge is 0.309 e. The molecule has 12 aromatic rings. The number of para-hydroxylation sites is 3. The lowest BCUT2D eigenvalue weighted by atomic mass is 9.96. The molecule has 0 amide bonds. The van der Waals surface area contributed by atoms with Crippen molar-refractivity contribution >= 4 is 43.6 Å². The standard InChI is InChI=1S/C60H40N2/c1-3-12-41(13-4-1)48-14-11-17-52(38-48)62-58-21-10-8-19-54(58)56-40-50(35-37-60(56)62)47-32-28-45(29-33-47)43-24-22-42(23-25-43)44-26-30-46(31-27-44)49-34-36-59-55(39-49)53-18-7-9-20-57(53)61(59)51-15-5-2-6-16-51/h1-40H. The summed E-state index contributed by atoms with van der Waals surface area (Å²) in [4.78, 5) is 0. The van der Waals surface area contributed by atoms with Crippen molar-refractivity contribution in [1.29, 1.82) is 0 Å². The van der Waals surface area contributed by atoms with E-state index in [0.29, 0.717) is 0 Å². The average molecular weight is 789 g/mol. The molecule has 0 aliphatic heterocycles. The van der Waals surface area contributed by atoms with Crippen molar-refractivity contribution in [3.63, 3.8) is 0 Å². The molecule has 0 spiro atoms. The second-order valence-corrected chi connectivity index (χ2v) is 16.2. The lowest BCUT2D eigenvalue weighted by Crippen LogP contribution is -1.94. The highest BCUT2D eigenvalue weighted by Crippen LogP contribution is 2.38. The van der Waals surface area contributed by atoms with E-state index in [-0.39, 0.29) is 0 Å². The van der Waals surface area contributed by atoms with Gasteiger partial charge in [0.1, 0.15) is 0 Å². The third kappa shape index (κ3) is 6.12. The Hall–Kier alpha value is -8.20. The van der Waals surface area contributed by atoms with Gasteiger partial charge in [0.15, 0.2) is 0 Å². The quantitative estimate of drug-likeness (QED) is 0.152. The Balaban J connectivity index is 0.799. The second-order valence-electron chi connectivity index (χ2n) is 16.2. The maximum atomic E-state index is 2.40. The summed E-state index contributed by atoms with van der Waals surface area (Å²) >= 11 is 0. The van der Waals surface area contributed by atoms with E-state index in [4.69, 9.17) is 0 Å². The molecule has 10 aromatic carbocycles. The Morgan fingerprint density at radius 2 is 0.484 bits per heavy atom. The van der Waals surface area contributed by atoms with Crippen molar-refractivity contribution in [3.05, 3.63) is 243 Å². The molecule has 0 saturated carbocycles. The van der Waals surface area contributed by atoms with Crippen LogP contribution in [0.25, 0.3) is 111 Å². The fourth-order valence-electron chi connectivity index (χ4n) is 9.46. The molecule has 0 aliphatic rings. The minimum atomic E-state index is 1.16. The lowest BCUT2D eigenvalue weighted by molar-refractivity contribution is 1.18. The Labute approximate surface area is 360 Å². The van der Waals surface area contributed by atoms with Gasteiger partial charge in [-0.3, -0.25) is 0 Å². The number of fused-ring (bicyclic) bond motifs is 6.